The van der Waals surface area contributed by atoms with Crippen LogP contribution in [0.15, 0.2) is 18.3 Å². The topological polar surface area (TPSA) is 109 Å². The summed E-state index contributed by atoms with van der Waals surface area (Å²) < 4.78 is 23.3. The Bertz CT molecular complexity index is 681. The molecule has 1 aliphatic rings. The highest BCUT2D eigenvalue weighted by molar-refractivity contribution is 7.92. The molecule has 1 aliphatic heterocycles. The molecule has 0 saturated heterocycles. The number of sulfone groups is 1. The summed E-state index contributed by atoms with van der Waals surface area (Å²) in [6.45, 7) is 1.69. The van der Waals surface area contributed by atoms with Gasteiger partial charge in [0.15, 0.2) is 14.6 Å². The van der Waals surface area contributed by atoms with Gasteiger partial charge in [-0.25, -0.2) is 18.7 Å². The molecule has 2 amide bonds. The largest absolute Gasteiger partial charge is 0.328 e. The van der Waals surface area contributed by atoms with E-state index in [2.05, 4.69) is 0 Å². The number of rotatable bonds is 5. The van der Waals surface area contributed by atoms with E-state index in [1.54, 1.807) is 18.3 Å². The highest BCUT2D eigenvalue weighted by Gasteiger charge is 2.44. The normalized spacial score (nSPS) is 17.5. The molecule has 0 fully saturated rings. The van der Waals surface area contributed by atoms with Crippen LogP contribution < -0.4 is 5.48 Å². The molecule has 0 bridgehead atoms. The molecule has 116 valence electrons. The summed E-state index contributed by atoms with van der Waals surface area (Å²) in [6, 6.07) is 3.30. The van der Waals surface area contributed by atoms with Crippen molar-refractivity contribution in [3.05, 3.63) is 24.0 Å². The van der Waals surface area contributed by atoms with Gasteiger partial charge in [-0.2, -0.15) is 0 Å². The van der Waals surface area contributed by atoms with Crippen LogP contribution in [0.2, 0.25) is 0 Å². The molecule has 0 aliphatic carbocycles. The standard InChI is InChI=1S/C12H17N3O5S/c1-12(10(16)13-18,21(2,19)20)5-7-14-8-9-4-3-6-15(9)11(14)17/h3-4,6,18H,5,7-8H2,1-2H3,(H,13,16)/t12-/m1/s1. The maximum Gasteiger partial charge on any atom is 0.328 e. The number of aromatic nitrogens is 1. The third kappa shape index (κ3) is 2.54. The van der Waals surface area contributed by atoms with Gasteiger partial charge in [0.2, 0.25) is 0 Å². The predicted molar refractivity (Wildman–Crippen MR) is 73.4 cm³/mol. The quantitative estimate of drug-likeness (QED) is 0.586. The van der Waals surface area contributed by atoms with Crippen molar-refractivity contribution in [3.63, 3.8) is 0 Å². The molecular weight excluding hydrogens is 298 g/mol. The van der Waals surface area contributed by atoms with Gasteiger partial charge in [-0.15, -0.1) is 0 Å². The van der Waals surface area contributed by atoms with Gasteiger partial charge in [-0.3, -0.25) is 14.6 Å². The van der Waals surface area contributed by atoms with Crippen molar-refractivity contribution in [2.24, 2.45) is 0 Å². The average molecular weight is 315 g/mol. The molecule has 2 N–H and O–H groups in total. The molecule has 2 heterocycles. The zero-order valence-corrected chi connectivity index (χ0v) is 12.6. The van der Waals surface area contributed by atoms with E-state index in [-0.39, 0.29) is 19.0 Å². The lowest BCUT2D eigenvalue weighted by molar-refractivity contribution is -0.131. The highest BCUT2D eigenvalue weighted by atomic mass is 32.2. The van der Waals surface area contributed by atoms with Crippen LogP contribution in [-0.4, -0.2) is 52.6 Å². The maximum atomic E-state index is 12.1. The third-order valence-electron chi connectivity index (χ3n) is 3.92. The predicted octanol–water partition coefficient (Wildman–Crippen LogP) is -0.0294. The molecule has 0 unspecified atom stereocenters. The second kappa shape index (κ2) is 5.15. The SMILES string of the molecule is C[C@@](CCN1Cc2cccn2C1=O)(C(=O)NO)S(C)(=O)=O. The summed E-state index contributed by atoms with van der Waals surface area (Å²) in [5.74, 6) is -1.00. The Balaban J connectivity index is 2.13. The van der Waals surface area contributed by atoms with E-state index in [9.17, 15) is 18.0 Å². The molecule has 21 heavy (non-hydrogen) atoms. The molecule has 1 aromatic rings. The van der Waals surface area contributed by atoms with E-state index in [1.165, 1.54) is 21.9 Å². The number of carbonyl (C=O) groups excluding carboxylic acids is 2. The summed E-state index contributed by atoms with van der Waals surface area (Å²) in [6.07, 6.45) is 2.46. The lowest BCUT2D eigenvalue weighted by Crippen LogP contribution is -2.50. The molecule has 0 spiro atoms. The number of amides is 2. The monoisotopic (exact) mass is 315 g/mol. The second-order valence-corrected chi connectivity index (χ2v) is 7.71. The first kappa shape index (κ1) is 15.5. The summed E-state index contributed by atoms with van der Waals surface area (Å²) in [4.78, 5) is 25.2. The molecule has 1 atom stereocenters. The van der Waals surface area contributed by atoms with Gasteiger partial charge in [0, 0.05) is 24.7 Å². The second-order valence-electron chi connectivity index (χ2n) is 5.27. The highest BCUT2D eigenvalue weighted by Crippen LogP contribution is 2.24. The van der Waals surface area contributed by atoms with Crippen molar-refractivity contribution >= 4 is 21.8 Å². The van der Waals surface area contributed by atoms with Gasteiger partial charge in [0.05, 0.1) is 6.54 Å². The summed E-state index contributed by atoms with van der Waals surface area (Å²) in [5.41, 5.74) is 2.20. The number of hydroxylamine groups is 1. The summed E-state index contributed by atoms with van der Waals surface area (Å²) in [7, 11) is -3.76. The van der Waals surface area contributed by atoms with Gasteiger partial charge in [0.1, 0.15) is 0 Å². The van der Waals surface area contributed by atoms with Gasteiger partial charge in [-0.1, -0.05) is 0 Å². The van der Waals surface area contributed by atoms with E-state index in [0.29, 0.717) is 6.54 Å². The maximum absolute atomic E-state index is 12.1. The Morgan fingerprint density at radius 2 is 2.19 bits per heavy atom. The molecule has 9 heteroatoms. The van der Waals surface area contributed by atoms with Crippen LogP contribution in [0.3, 0.4) is 0 Å². The van der Waals surface area contributed by atoms with Crippen LogP contribution >= 0.6 is 0 Å². The first-order valence-electron chi connectivity index (χ1n) is 6.30. The van der Waals surface area contributed by atoms with Gasteiger partial charge in [-0.05, 0) is 25.5 Å². The minimum absolute atomic E-state index is 0.0947. The van der Waals surface area contributed by atoms with Gasteiger partial charge in [0.25, 0.3) is 5.91 Å². The smallest absolute Gasteiger partial charge is 0.318 e. The van der Waals surface area contributed by atoms with Crippen LogP contribution in [0.25, 0.3) is 0 Å². The van der Waals surface area contributed by atoms with E-state index < -0.39 is 20.5 Å². The van der Waals surface area contributed by atoms with E-state index in [1.807, 2.05) is 0 Å². The van der Waals surface area contributed by atoms with Crippen molar-refractivity contribution in [3.8, 4) is 0 Å². The molecule has 8 nitrogen and oxygen atoms in total. The number of hydrogen-bond acceptors (Lipinski definition) is 5. The molecule has 0 aromatic carbocycles. The Kier molecular flexibility index (Phi) is 3.81. The Hall–Kier alpha value is -1.87. The first-order valence-corrected chi connectivity index (χ1v) is 8.19. The van der Waals surface area contributed by atoms with Crippen molar-refractivity contribution in [2.45, 2.75) is 24.6 Å². The number of nitrogens with one attached hydrogen (secondary N) is 1. The Labute approximate surface area is 122 Å². The van der Waals surface area contributed by atoms with Crippen molar-refractivity contribution in [2.75, 3.05) is 12.8 Å². The van der Waals surface area contributed by atoms with Gasteiger partial charge >= 0.3 is 6.03 Å². The van der Waals surface area contributed by atoms with Crippen molar-refractivity contribution in [1.82, 2.24) is 14.9 Å². The van der Waals surface area contributed by atoms with Crippen molar-refractivity contribution < 1.29 is 23.2 Å². The molecule has 0 radical (unpaired) electrons. The van der Waals surface area contributed by atoms with E-state index >= 15 is 0 Å². The summed E-state index contributed by atoms with van der Waals surface area (Å²) >= 11 is 0. The molecule has 2 rings (SSSR count). The van der Waals surface area contributed by atoms with Crippen molar-refractivity contribution in [1.29, 1.82) is 0 Å². The fourth-order valence-electron chi connectivity index (χ4n) is 2.26. The van der Waals surface area contributed by atoms with Crippen LogP contribution in [0.4, 0.5) is 4.79 Å². The lowest BCUT2D eigenvalue weighted by atomic mass is 10.1. The Morgan fingerprint density at radius 1 is 1.52 bits per heavy atom. The molecule has 1 aromatic heterocycles. The van der Waals surface area contributed by atoms with E-state index in [0.717, 1.165) is 11.9 Å². The van der Waals surface area contributed by atoms with Crippen LogP contribution in [-0.2, 0) is 21.2 Å². The summed E-state index contributed by atoms with van der Waals surface area (Å²) in [5, 5.41) is 8.74. The zero-order valence-electron chi connectivity index (χ0n) is 11.7. The molecular formula is C12H17N3O5S. The molecule has 0 saturated carbocycles. The van der Waals surface area contributed by atoms with E-state index in [4.69, 9.17) is 5.21 Å². The van der Waals surface area contributed by atoms with Crippen LogP contribution in [0.1, 0.15) is 19.0 Å². The minimum atomic E-state index is -3.76. The zero-order chi connectivity index (χ0) is 15.8. The number of nitrogens with zero attached hydrogens (tertiary/aromatic N) is 2. The van der Waals surface area contributed by atoms with Crippen LogP contribution in [0.5, 0.6) is 0 Å². The van der Waals surface area contributed by atoms with Crippen LogP contribution in [0, 0.1) is 0 Å². The first-order chi connectivity index (χ1) is 9.70. The number of hydrogen-bond donors (Lipinski definition) is 2. The number of fused-ring (bicyclic) bond motifs is 1. The lowest BCUT2D eigenvalue weighted by Gasteiger charge is -2.27. The average Bonchev–Trinajstić information content (AvgIpc) is 2.97. The van der Waals surface area contributed by atoms with Gasteiger partial charge < -0.3 is 4.90 Å². The minimum Gasteiger partial charge on any atom is -0.318 e. The third-order valence-corrected chi connectivity index (χ3v) is 5.95. The fourth-order valence-corrected chi connectivity index (χ4v) is 3.10. The Morgan fingerprint density at radius 3 is 2.71 bits per heavy atom. The number of carbonyl (C=O) groups is 2. The fraction of sp³-hybridized carbons (Fsp3) is 0.500.